The summed E-state index contributed by atoms with van der Waals surface area (Å²) in [6, 6.07) is 14.5. The zero-order valence-corrected chi connectivity index (χ0v) is 15.2. The lowest BCUT2D eigenvalue weighted by molar-refractivity contribution is 0.256. The summed E-state index contributed by atoms with van der Waals surface area (Å²) in [4.78, 5) is 17.2. The molecule has 1 N–H and O–H groups in total. The third-order valence-electron chi connectivity index (χ3n) is 4.91. The van der Waals surface area contributed by atoms with E-state index in [2.05, 4.69) is 32.2 Å². The normalized spacial score (nSPS) is 19.0. The second-order valence-corrected chi connectivity index (χ2v) is 7.34. The first kappa shape index (κ1) is 15.5. The topological polar surface area (TPSA) is 35.6 Å². The molecule has 1 saturated heterocycles. The Morgan fingerprint density at radius 1 is 1.21 bits per heavy atom. The van der Waals surface area contributed by atoms with Gasteiger partial charge >= 0.3 is 6.03 Å². The summed E-state index contributed by atoms with van der Waals surface area (Å²) in [5.41, 5.74) is 4.11. The number of aryl methyl sites for hydroxylation is 1. The van der Waals surface area contributed by atoms with Crippen molar-refractivity contribution in [2.45, 2.75) is 25.8 Å². The van der Waals surface area contributed by atoms with Crippen molar-refractivity contribution in [2.24, 2.45) is 0 Å². The highest BCUT2D eigenvalue weighted by Gasteiger charge is 2.36. The van der Waals surface area contributed by atoms with Crippen molar-refractivity contribution >= 4 is 39.0 Å². The monoisotopic (exact) mass is 385 g/mol. The number of fused-ring (bicyclic) bond motifs is 3. The fraction of sp³-hybridized carbons (Fsp3) is 0.316. The summed E-state index contributed by atoms with van der Waals surface area (Å²) in [7, 11) is 0. The minimum absolute atomic E-state index is 0.0595. The van der Waals surface area contributed by atoms with Crippen LogP contribution in [0.4, 0.5) is 21.9 Å². The molecule has 0 spiro atoms. The largest absolute Gasteiger partial charge is 0.365 e. The van der Waals surface area contributed by atoms with E-state index in [1.807, 2.05) is 48.2 Å². The smallest absolute Gasteiger partial charge is 0.326 e. The zero-order valence-electron chi connectivity index (χ0n) is 13.6. The van der Waals surface area contributed by atoms with Crippen LogP contribution in [0.15, 0.2) is 46.9 Å². The highest BCUT2D eigenvalue weighted by molar-refractivity contribution is 9.10. The van der Waals surface area contributed by atoms with E-state index >= 15 is 0 Å². The van der Waals surface area contributed by atoms with Crippen molar-refractivity contribution in [1.29, 1.82) is 0 Å². The minimum Gasteiger partial charge on any atom is -0.365 e. The Hall–Kier alpha value is -2.01. The molecule has 0 aliphatic carbocycles. The molecule has 2 aliphatic heterocycles. The van der Waals surface area contributed by atoms with Gasteiger partial charge in [0.05, 0.1) is 11.4 Å². The van der Waals surface area contributed by atoms with E-state index in [-0.39, 0.29) is 6.03 Å². The number of para-hydroxylation sites is 2. The maximum absolute atomic E-state index is 12.9. The van der Waals surface area contributed by atoms with E-state index < -0.39 is 0 Å². The molecule has 24 heavy (non-hydrogen) atoms. The molecule has 2 heterocycles. The molecular formula is C19H20BrN3O. The van der Waals surface area contributed by atoms with Gasteiger partial charge in [0.25, 0.3) is 0 Å². The SMILES string of the molecule is Cc1cc(NC(=O)N2CC3CCCN3c3ccccc32)ccc1Br. The van der Waals surface area contributed by atoms with Gasteiger partial charge in [-0.05, 0) is 55.7 Å². The molecule has 0 radical (unpaired) electrons. The van der Waals surface area contributed by atoms with Gasteiger partial charge in [-0.3, -0.25) is 4.90 Å². The quantitative estimate of drug-likeness (QED) is 0.766. The van der Waals surface area contributed by atoms with Gasteiger partial charge in [0.15, 0.2) is 0 Å². The summed E-state index contributed by atoms with van der Waals surface area (Å²) < 4.78 is 1.05. The Labute approximate surface area is 150 Å². The lowest BCUT2D eigenvalue weighted by atomic mass is 10.1. The van der Waals surface area contributed by atoms with Crippen LogP contribution in [-0.4, -0.2) is 25.2 Å². The van der Waals surface area contributed by atoms with Crippen molar-refractivity contribution in [3.05, 3.63) is 52.5 Å². The Kier molecular flexibility index (Phi) is 3.96. The number of rotatable bonds is 1. The van der Waals surface area contributed by atoms with Gasteiger partial charge in [-0.25, -0.2) is 4.79 Å². The molecule has 0 bridgehead atoms. The molecular weight excluding hydrogens is 366 g/mol. The van der Waals surface area contributed by atoms with E-state index in [4.69, 9.17) is 0 Å². The number of anilines is 3. The number of benzene rings is 2. The molecule has 0 aromatic heterocycles. The fourth-order valence-electron chi connectivity index (χ4n) is 3.69. The van der Waals surface area contributed by atoms with Crippen LogP contribution in [0.1, 0.15) is 18.4 Å². The van der Waals surface area contributed by atoms with Crippen LogP contribution < -0.4 is 15.1 Å². The molecule has 5 heteroatoms. The fourth-order valence-corrected chi connectivity index (χ4v) is 3.94. The van der Waals surface area contributed by atoms with Gasteiger partial charge in [0, 0.05) is 29.3 Å². The average Bonchev–Trinajstić information content (AvgIpc) is 3.06. The average molecular weight is 386 g/mol. The number of carbonyl (C=O) groups excluding carboxylic acids is 1. The first-order chi connectivity index (χ1) is 11.6. The second-order valence-electron chi connectivity index (χ2n) is 6.48. The lowest BCUT2D eigenvalue weighted by Gasteiger charge is -2.40. The minimum atomic E-state index is -0.0595. The number of carbonyl (C=O) groups is 1. The van der Waals surface area contributed by atoms with Crippen LogP contribution in [0, 0.1) is 6.92 Å². The van der Waals surface area contributed by atoms with Crippen LogP contribution in [0.3, 0.4) is 0 Å². The standard InChI is InChI=1S/C19H20BrN3O/c1-13-11-14(8-9-16(13)20)21-19(24)23-12-15-5-4-10-22(15)17-6-2-3-7-18(17)23/h2-3,6-9,11,15H,4-5,10,12H2,1H3,(H,21,24). The van der Waals surface area contributed by atoms with Crippen molar-refractivity contribution in [2.75, 3.05) is 28.2 Å². The summed E-state index contributed by atoms with van der Waals surface area (Å²) >= 11 is 3.50. The number of halogens is 1. The molecule has 2 aliphatic rings. The van der Waals surface area contributed by atoms with Crippen LogP contribution in [-0.2, 0) is 0 Å². The third-order valence-corrected chi connectivity index (χ3v) is 5.80. The predicted molar refractivity (Wildman–Crippen MR) is 102 cm³/mol. The summed E-state index contributed by atoms with van der Waals surface area (Å²) in [5, 5.41) is 3.05. The van der Waals surface area contributed by atoms with Crippen molar-refractivity contribution in [3.8, 4) is 0 Å². The molecule has 1 unspecified atom stereocenters. The van der Waals surface area contributed by atoms with Crippen molar-refractivity contribution < 1.29 is 4.79 Å². The Bertz CT molecular complexity index is 792. The molecule has 2 amide bonds. The highest BCUT2D eigenvalue weighted by atomic mass is 79.9. The van der Waals surface area contributed by atoms with Crippen LogP contribution in [0.2, 0.25) is 0 Å². The van der Waals surface area contributed by atoms with Crippen LogP contribution >= 0.6 is 15.9 Å². The summed E-state index contributed by atoms with van der Waals surface area (Å²) in [5.74, 6) is 0. The summed E-state index contributed by atoms with van der Waals surface area (Å²) in [6.07, 6.45) is 2.34. The number of nitrogens with one attached hydrogen (secondary N) is 1. The molecule has 1 atom stereocenters. The first-order valence-electron chi connectivity index (χ1n) is 8.34. The van der Waals surface area contributed by atoms with E-state index in [0.29, 0.717) is 6.04 Å². The molecule has 4 rings (SSSR count). The number of urea groups is 1. The molecule has 2 aromatic carbocycles. The Balaban J connectivity index is 1.62. The Morgan fingerprint density at radius 3 is 2.79 bits per heavy atom. The van der Waals surface area contributed by atoms with E-state index in [0.717, 1.165) is 40.9 Å². The van der Waals surface area contributed by atoms with E-state index in [1.54, 1.807) is 0 Å². The maximum Gasteiger partial charge on any atom is 0.326 e. The van der Waals surface area contributed by atoms with Crippen LogP contribution in [0.5, 0.6) is 0 Å². The molecule has 124 valence electrons. The predicted octanol–water partition coefficient (Wildman–Crippen LogP) is 4.78. The van der Waals surface area contributed by atoms with E-state index in [1.165, 1.54) is 12.1 Å². The molecule has 2 aromatic rings. The van der Waals surface area contributed by atoms with E-state index in [9.17, 15) is 4.79 Å². The van der Waals surface area contributed by atoms with Gasteiger partial charge in [0.1, 0.15) is 0 Å². The number of nitrogens with zero attached hydrogens (tertiary/aromatic N) is 2. The van der Waals surface area contributed by atoms with Gasteiger partial charge in [-0.1, -0.05) is 28.1 Å². The highest BCUT2D eigenvalue weighted by Crippen LogP contribution is 2.39. The van der Waals surface area contributed by atoms with Gasteiger partial charge in [0.2, 0.25) is 0 Å². The number of hydrogen-bond acceptors (Lipinski definition) is 2. The van der Waals surface area contributed by atoms with Gasteiger partial charge < -0.3 is 10.2 Å². The third kappa shape index (κ3) is 2.67. The number of amides is 2. The lowest BCUT2D eigenvalue weighted by Crippen LogP contribution is -2.49. The first-order valence-corrected chi connectivity index (χ1v) is 9.13. The van der Waals surface area contributed by atoms with Crippen LogP contribution in [0.25, 0.3) is 0 Å². The summed E-state index contributed by atoms with van der Waals surface area (Å²) in [6.45, 7) is 3.85. The Morgan fingerprint density at radius 2 is 2.00 bits per heavy atom. The van der Waals surface area contributed by atoms with Gasteiger partial charge in [-0.2, -0.15) is 0 Å². The maximum atomic E-state index is 12.9. The van der Waals surface area contributed by atoms with Gasteiger partial charge in [-0.15, -0.1) is 0 Å². The number of hydrogen-bond donors (Lipinski definition) is 1. The van der Waals surface area contributed by atoms with Crippen molar-refractivity contribution in [1.82, 2.24) is 0 Å². The second kappa shape index (κ2) is 6.13. The van der Waals surface area contributed by atoms with Crippen molar-refractivity contribution in [3.63, 3.8) is 0 Å². The molecule has 1 fully saturated rings. The molecule has 4 nitrogen and oxygen atoms in total. The molecule has 0 saturated carbocycles. The zero-order chi connectivity index (χ0) is 16.7.